The molecule has 0 saturated carbocycles. The van der Waals surface area contributed by atoms with Crippen LogP contribution >= 0.6 is 0 Å². The number of carbonyl (C=O) groups excluding carboxylic acids is 1. The Hall–Kier alpha value is -1.35. The molecule has 86 valence electrons. The molecule has 0 aliphatic heterocycles. The van der Waals surface area contributed by atoms with Crippen molar-refractivity contribution in [2.45, 2.75) is 33.0 Å². The lowest BCUT2D eigenvalue weighted by molar-refractivity contribution is -0.163. The minimum absolute atomic E-state index is 0.306. The van der Waals surface area contributed by atoms with Crippen LogP contribution in [0.2, 0.25) is 0 Å². The van der Waals surface area contributed by atoms with Crippen molar-refractivity contribution in [2.75, 3.05) is 0 Å². The topological polar surface area (TPSA) is 46.5 Å². The second-order valence-corrected chi connectivity index (χ2v) is 2.90. The summed E-state index contributed by atoms with van der Waals surface area (Å²) in [6.07, 6.45) is 3.55. The minimum Gasteiger partial charge on any atom is -0.433 e. The first kappa shape index (κ1) is 16.1. The van der Waals surface area contributed by atoms with Crippen LogP contribution in [0.4, 0.5) is 0 Å². The van der Waals surface area contributed by atoms with Gasteiger partial charge in [0.15, 0.2) is 0 Å². The number of allylic oxidation sites excluding steroid dienone is 2. The van der Waals surface area contributed by atoms with Gasteiger partial charge in [0.1, 0.15) is 0 Å². The SMILES string of the molecule is C=C(C)C(=O)OC(O)CCC.C=CC=C. The summed E-state index contributed by atoms with van der Waals surface area (Å²) in [5.74, 6) is -0.536. The number of aliphatic hydroxyl groups is 1. The standard InChI is InChI=1S/C8H14O3.C4H6/c1-4-5-7(9)11-8(10)6(2)3;1-3-4-2/h7,9H,2,4-5H2,1,3H3;3-4H,1-2H2. The third-order valence-corrected chi connectivity index (χ3v) is 1.29. The zero-order valence-electron chi connectivity index (χ0n) is 9.53. The number of aliphatic hydroxyl groups excluding tert-OH is 1. The maximum Gasteiger partial charge on any atom is 0.335 e. The van der Waals surface area contributed by atoms with E-state index < -0.39 is 12.3 Å². The molecule has 0 bridgehead atoms. The van der Waals surface area contributed by atoms with Gasteiger partial charge in [0.2, 0.25) is 6.29 Å². The van der Waals surface area contributed by atoms with Gasteiger partial charge in [-0.25, -0.2) is 4.79 Å². The lowest BCUT2D eigenvalue weighted by Gasteiger charge is -2.09. The van der Waals surface area contributed by atoms with Crippen molar-refractivity contribution in [3.05, 3.63) is 37.5 Å². The minimum atomic E-state index is -0.982. The van der Waals surface area contributed by atoms with Crippen LogP contribution in [0.5, 0.6) is 0 Å². The second-order valence-electron chi connectivity index (χ2n) is 2.90. The third-order valence-electron chi connectivity index (χ3n) is 1.29. The van der Waals surface area contributed by atoms with Crippen molar-refractivity contribution in [2.24, 2.45) is 0 Å². The van der Waals surface area contributed by atoms with Crippen LogP contribution < -0.4 is 0 Å². The van der Waals surface area contributed by atoms with Gasteiger partial charge in [0, 0.05) is 12.0 Å². The van der Waals surface area contributed by atoms with E-state index in [9.17, 15) is 4.79 Å². The summed E-state index contributed by atoms with van der Waals surface area (Å²) >= 11 is 0. The Morgan fingerprint density at radius 1 is 1.47 bits per heavy atom. The van der Waals surface area contributed by atoms with E-state index in [1.165, 1.54) is 0 Å². The number of ether oxygens (including phenoxy) is 1. The van der Waals surface area contributed by atoms with Crippen molar-refractivity contribution in [3.8, 4) is 0 Å². The monoisotopic (exact) mass is 212 g/mol. The molecule has 0 heterocycles. The van der Waals surface area contributed by atoms with E-state index in [1.54, 1.807) is 19.1 Å². The molecule has 0 aromatic carbocycles. The highest BCUT2D eigenvalue weighted by Gasteiger charge is 2.09. The van der Waals surface area contributed by atoms with Gasteiger partial charge in [-0.2, -0.15) is 0 Å². The average molecular weight is 212 g/mol. The van der Waals surface area contributed by atoms with Crippen molar-refractivity contribution >= 4 is 5.97 Å². The van der Waals surface area contributed by atoms with Gasteiger partial charge in [0.25, 0.3) is 0 Å². The molecule has 0 spiro atoms. The van der Waals surface area contributed by atoms with Crippen molar-refractivity contribution in [1.82, 2.24) is 0 Å². The molecule has 3 heteroatoms. The van der Waals surface area contributed by atoms with Gasteiger partial charge >= 0.3 is 5.97 Å². The van der Waals surface area contributed by atoms with Gasteiger partial charge in [-0.15, -0.1) is 0 Å². The number of rotatable bonds is 5. The van der Waals surface area contributed by atoms with Crippen molar-refractivity contribution < 1.29 is 14.6 Å². The molecule has 1 unspecified atom stereocenters. The molecule has 0 amide bonds. The van der Waals surface area contributed by atoms with Gasteiger partial charge in [-0.05, 0) is 6.92 Å². The zero-order valence-corrected chi connectivity index (χ0v) is 9.53. The fourth-order valence-electron chi connectivity index (χ4n) is 0.530. The maximum absolute atomic E-state index is 10.7. The van der Waals surface area contributed by atoms with Crippen LogP contribution in [-0.4, -0.2) is 17.4 Å². The molecule has 1 N–H and O–H groups in total. The first-order valence-electron chi connectivity index (χ1n) is 4.77. The number of carbonyl (C=O) groups is 1. The first-order valence-corrected chi connectivity index (χ1v) is 4.77. The van der Waals surface area contributed by atoms with E-state index >= 15 is 0 Å². The van der Waals surface area contributed by atoms with E-state index in [2.05, 4.69) is 24.5 Å². The van der Waals surface area contributed by atoms with E-state index in [1.807, 2.05) is 6.92 Å². The lowest BCUT2D eigenvalue weighted by Crippen LogP contribution is -2.17. The van der Waals surface area contributed by atoms with Crippen LogP contribution in [0.1, 0.15) is 26.7 Å². The molecule has 0 fully saturated rings. The molecule has 0 rings (SSSR count). The average Bonchev–Trinajstić information content (AvgIpc) is 2.18. The molecular formula is C12H20O3. The van der Waals surface area contributed by atoms with Gasteiger partial charge in [-0.3, -0.25) is 0 Å². The normalized spacial score (nSPS) is 10.3. The lowest BCUT2D eigenvalue weighted by atomic mass is 10.3. The molecule has 3 nitrogen and oxygen atoms in total. The smallest absolute Gasteiger partial charge is 0.335 e. The van der Waals surface area contributed by atoms with E-state index in [0.717, 1.165) is 6.42 Å². The van der Waals surface area contributed by atoms with Crippen LogP contribution in [0.15, 0.2) is 37.5 Å². The molecule has 0 aromatic rings. The van der Waals surface area contributed by atoms with Gasteiger partial charge < -0.3 is 9.84 Å². The molecule has 0 radical (unpaired) electrons. The van der Waals surface area contributed by atoms with E-state index in [0.29, 0.717) is 12.0 Å². The number of hydrogen-bond acceptors (Lipinski definition) is 3. The van der Waals surface area contributed by atoms with Crippen molar-refractivity contribution in [3.63, 3.8) is 0 Å². The Kier molecular flexibility index (Phi) is 11.5. The largest absolute Gasteiger partial charge is 0.433 e. The Bertz CT molecular complexity index is 213. The van der Waals surface area contributed by atoms with Crippen LogP contribution in [0.3, 0.4) is 0 Å². The Balaban J connectivity index is 0. The van der Waals surface area contributed by atoms with E-state index in [-0.39, 0.29) is 0 Å². The fourth-order valence-corrected chi connectivity index (χ4v) is 0.530. The van der Waals surface area contributed by atoms with Crippen LogP contribution in [0, 0.1) is 0 Å². The zero-order chi connectivity index (χ0) is 12.3. The highest BCUT2D eigenvalue weighted by molar-refractivity contribution is 5.86. The van der Waals surface area contributed by atoms with Gasteiger partial charge in [0.05, 0.1) is 0 Å². The number of esters is 1. The molecule has 0 aliphatic carbocycles. The molecule has 0 saturated heterocycles. The summed E-state index contributed by atoms with van der Waals surface area (Å²) < 4.78 is 4.57. The van der Waals surface area contributed by atoms with Gasteiger partial charge in [-0.1, -0.05) is 45.2 Å². The fraction of sp³-hybridized carbons (Fsp3) is 0.417. The highest BCUT2D eigenvalue weighted by atomic mass is 16.6. The molecule has 15 heavy (non-hydrogen) atoms. The molecule has 0 aromatic heterocycles. The van der Waals surface area contributed by atoms with E-state index in [4.69, 9.17) is 5.11 Å². The summed E-state index contributed by atoms with van der Waals surface area (Å²) in [6, 6.07) is 0. The second kappa shape index (κ2) is 10.7. The Morgan fingerprint density at radius 3 is 2.20 bits per heavy atom. The van der Waals surface area contributed by atoms with Crippen LogP contribution in [-0.2, 0) is 9.53 Å². The summed E-state index contributed by atoms with van der Waals surface area (Å²) in [5.41, 5.74) is 0.306. The molecule has 1 atom stereocenters. The summed E-state index contributed by atoms with van der Waals surface area (Å²) in [6.45, 7) is 13.5. The predicted molar refractivity (Wildman–Crippen MR) is 62.2 cm³/mol. The summed E-state index contributed by atoms with van der Waals surface area (Å²) in [5, 5.41) is 8.98. The summed E-state index contributed by atoms with van der Waals surface area (Å²) in [7, 11) is 0. The Morgan fingerprint density at radius 2 is 1.93 bits per heavy atom. The molecule has 0 aliphatic rings. The number of hydrogen-bond donors (Lipinski definition) is 1. The molecular weight excluding hydrogens is 192 g/mol. The van der Waals surface area contributed by atoms with Crippen LogP contribution in [0.25, 0.3) is 0 Å². The summed E-state index contributed by atoms with van der Waals surface area (Å²) in [4.78, 5) is 10.7. The maximum atomic E-state index is 10.7. The quantitative estimate of drug-likeness (QED) is 0.330. The Labute approximate surface area is 91.8 Å². The first-order chi connectivity index (χ1) is 6.99. The van der Waals surface area contributed by atoms with Crippen molar-refractivity contribution in [1.29, 1.82) is 0 Å². The third kappa shape index (κ3) is 12.6. The predicted octanol–water partition coefficient (Wildman–Crippen LogP) is 2.58. The highest BCUT2D eigenvalue weighted by Crippen LogP contribution is 2.01.